The zero-order chi connectivity index (χ0) is 19.5. The van der Waals surface area contributed by atoms with Crippen LogP contribution in [0.3, 0.4) is 0 Å². The van der Waals surface area contributed by atoms with Crippen LogP contribution in [0.4, 0.5) is 9.39 Å². The van der Waals surface area contributed by atoms with Crippen LogP contribution < -0.4 is 5.73 Å². The fourth-order valence-electron chi connectivity index (χ4n) is 2.19. The Morgan fingerprint density at radius 1 is 1.38 bits per heavy atom. The van der Waals surface area contributed by atoms with Crippen LogP contribution in [0.5, 0.6) is 0 Å². The van der Waals surface area contributed by atoms with E-state index in [0.29, 0.717) is 5.56 Å². The number of hydrogen-bond acceptors (Lipinski definition) is 8. The topological polar surface area (TPSA) is 136 Å². The van der Waals surface area contributed by atoms with E-state index in [1.807, 2.05) is 0 Å². The van der Waals surface area contributed by atoms with Crippen molar-refractivity contribution < 1.29 is 28.2 Å². The summed E-state index contributed by atoms with van der Waals surface area (Å²) in [5.41, 5.74) is 6.01. The summed E-state index contributed by atoms with van der Waals surface area (Å²) in [6, 6.07) is 6.26. The number of thiophene rings is 1. The number of halogens is 1. The van der Waals surface area contributed by atoms with Gasteiger partial charge in [-0.3, -0.25) is 0 Å². The first-order valence-corrected chi connectivity index (χ1v) is 9.57. The van der Waals surface area contributed by atoms with Gasteiger partial charge < -0.3 is 21.2 Å². The molecule has 5 N–H and O–H groups in total. The van der Waals surface area contributed by atoms with Crippen molar-refractivity contribution in [1.82, 2.24) is 4.31 Å². The molecule has 0 amide bonds. The molecule has 0 aliphatic heterocycles. The predicted molar refractivity (Wildman–Crippen MR) is 95.3 cm³/mol. The normalized spacial score (nSPS) is 14.0. The van der Waals surface area contributed by atoms with Crippen LogP contribution in [0.25, 0.3) is 0 Å². The van der Waals surface area contributed by atoms with Crippen LogP contribution in [0.1, 0.15) is 16.5 Å². The monoisotopic (exact) mass is 403 g/mol. The first-order valence-electron chi connectivity index (χ1n) is 7.32. The number of benzene rings is 1. The largest absolute Gasteiger partial charge is 0.411 e. The summed E-state index contributed by atoms with van der Waals surface area (Å²) in [5, 5.41) is 31.0. The van der Waals surface area contributed by atoms with E-state index in [-0.39, 0.29) is 27.0 Å². The highest BCUT2D eigenvalue weighted by molar-refractivity contribution is 7.89. The Kier molecular flexibility index (Phi) is 6.31. The van der Waals surface area contributed by atoms with E-state index >= 15 is 0 Å². The smallest absolute Gasteiger partial charge is 0.245 e. The summed E-state index contributed by atoms with van der Waals surface area (Å²) in [6.07, 6.45) is -1.17. The van der Waals surface area contributed by atoms with E-state index in [1.165, 1.54) is 37.4 Å². The summed E-state index contributed by atoms with van der Waals surface area (Å²) in [4.78, 5) is -0.0144. The third kappa shape index (κ3) is 4.19. The van der Waals surface area contributed by atoms with Crippen molar-refractivity contribution >= 4 is 32.1 Å². The van der Waals surface area contributed by atoms with Crippen LogP contribution in [-0.2, 0) is 10.0 Å². The van der Waals surface area contributed by atoms with Gasteiger partial charge in [-0.1, -0.05) is 17.3 Å². The summed E-state index contributed by atoms with van der Waals surface area (Å²) >= 11 is 0.850. The van der Waals surface area contributed by atoms with E-state index in [2.05, 4.69) is 5.16 Å². The minimum absolute atomic E-state index is 0.0438. The molecule has 2 rings (SSSR count). The highest BCUT2D eigenvalue weighted by atomic mass is 32.2. The van der Waals surface area contributed by atoms with Gasteiger partial charge in [0.2, 0.25) is 10.0 Å². The van der Waals surface area contributed by atoms with Crippen molar-refractivity contribution in [3.8, 4) is 0 Å². The molecular weight excluding hydrogens is 385 g/mol. The fraction of sp³-hybridized carbons (Fsp3) is 0.267. The fourth-order valence-corrected chi connectivity index (χ4v) is 4.70. The number of hydrogen-bond donors (Lipinski definition) is 4. The molecule has 8 nitrogen and oxygen atoms in total. The first-order chi connectivity index (χ1) is 12.2. The molecule has 2 aromatic rings. The highest BCUT2D eigenvalue weighted by Gasteiger charge is 2.28. The standard InChI is InChI=1S/C15H18FN3O5S2/c1-19(7-12(21)9-2-4-10(16)5-3-9)26(23,24)14-6-13(25-15(14)17)11(8-20)18-22/h2-6,12,20-22H,7-8,17H2,1H3/b18-11-. The summed E-state index contributed by atoms with van der Waals surface area (Å²) < 4.78 is 39.3. The van der Waals surface area contributed by atoms with E-state index in [0.717, 1.165) is 15.6 Å². The molecular formula is C15H18FN3O5S2. The highest BCUT2D eigenvalue weighted by Crippen LogP contribution is 2.32. The summed E-state index contributed by atoms with van der Waals surface area (Å²) in [5.74, 6) is -0.467. The molecule has 0 saturated heterocycles. The lowest BCUT2D eigenvalue weighted by molar-refractivity contribution is 0.155. The van der Waals surface area contributed by atoms with Gasteiger partial charge >= 0.3 is 0 Å². The molecule has 0 aliphatic carbocycles. The van der Waals surface area contributed by atoms with Gasteiger partial charge in [-0.25, -0.2) is 12.8 Å². The second kappa shape index (κ2) is 8.10. The van der Waals surface area contributed by atoms with Gasteiger partial charge in [0, 0.05) is 13.6 Å². The molecule has 1 aromatic heterocycles. The predicted octanol–water partition coefficient (Wildman–Crippen LogP) is 0.994. The molecule has 0 spiro atoms. The van der Waals surface area contributed by atoms with Gasteiger partial charge in [-0.15, -0.1) is 11.3 Å². The molecule has 0 radical (unpaired) electrons. The molecule has 0 saturated carbocycles. The Morgan fingerprint density at radius 3 is 2.54 bits per heavy atom. The van der Waals surface area contributed by atoms with E-state index < -0.39 is 28.6 Å². The molecule has 0 aliphatic rings. The molecule has 1 heterocycles. The average molecular weight is 403 g/mol. The lowest BCUT2D eigenvalue weighted by Gasteiger charge is -2.20. The average Bonchev–Trinajstić information content (AvgIpc) is 2.98. The quantitative estimate of drug-likeness (QED) is 0.309. The van der Waals surface area contributed by atoms with Crippen molar-refractivity contribution in [3.05, 3.63) is 46.6 Å². The maximum Gasteiger partial charge on any atom is 0.245 e. The molecule has 11 heteroatoms. The number of nitrogens with zero attached hydrogens (tertiary/aromatic N) is 2. The zero-order valence-electron chi connectivity index (χ0n) is 13.7. The maximum atomic E-state index is 12.9. The third-order valence-corrected chi connectivity index (χ3v) is 6.66. The second-order valence-corrected chi connectivity index (χ2v) is 8.49. The number of aliphatic hydroxyl groups is 2. The van der Waals surface area contributed by atoms with Gasteiger partial charge in [0.25, 0.3) is 0 Å². The first kappa shape index (κ1) is 20.3. The van der Waals surface area contributed by atoms with Crippen LogP contribution in [-0.4, -0.2) is 54.1 Å². The molecule has 142 valence electrons. The van der Waals surface area contributed by atoms with Crippen molar-refractivity contribution in [2.75, 3.05) is 25.9 Å². The number of nitrogens with two attached hydrogens (primary N) is 1. The van der Waals surface area contributed by atoms with Crippen molar-refractivity contribution in [3.63, 3.8) is 0 Å². The van der Waals surface area contributed by atoms with Gasteiger partial charge in [-0.2, -0.15) is 4.31 Å². The Morgan fingerprint density at radius 2 is 2.00 bits per heavy atom. The number of aliphatic hydroxyl groups excluding tert-OH is 2. The number of oxime groups is 1. The van der Waals surface area contributed by atoms with Gasteiger partial charge in [-0.05, 0) is 23.8 Å². The Bertz CT molecular complexity index is 897. The minimum atomic E-state index is -4.04. The number of nitrogen functional groups attached to an aromatic ring is 1. The van der Waals surface area contributed by atoms with Crippen LogP contribution in [0.15, 0.2) is 40.4 Å². The molecule has 26 heavy (non-hydrogen) atoms. The van der Waals surface area contributed by atoms with Gasteiger partial charge in [0.1, 0.15) is 21.4 Å². The number of anilines is 1. The molecule has 1 atom stereocenters. The van der Waals surface area contributed by atoms with Crippen LogP contribution in [0, 0.1) is 5.82 Å². The van der Waals surface area contributed by atoms with E-state index in [1.54, 1.807) is 0 Å². The lowest BCUT2D eigenvalue weighted by Crippen LogP contribution is -2.31. The Balaban J connectivity index is 2.25. The van der Waals surface area contributed by atoms with E-state index in [4.69, 9.17) is 16.0 Å². The molecule has 0 fully saturated rings. The van der Waals surface area contributed by atoms with Crippen molar-refractivity contribution in [2.45, 2.75) is 11.0 Å². The van der Waals surface area contributed by atoms with Crippen molar-refractivity contribution in [1.29, 1.82) is 0 Å². The summed E-state index contributed by atoms with van der Waals surface area (Å²) in [7, 11) is -2.77. The zero-order valence-corrected chi connectivity index (χ0v) is 15.3. The van der Waals surface area contributed by atoms with Gasteiger partial charge in [0.05, 0.1) is 17.6 Å². The molecule has 0 bridgehead atoms. The number of sulfonamides is 1. The maximum absolute atomic E-state index is 12.9. The summed E-state index contributed by atoms with van der Waals surface area (Å²) in [6.45, 7) is -0.866. The van der Waals surface area contributed by atoms with Crippen LogP contribution >= 0.6 is 11.3 Å². The third-order valence-electron chi connectivity index (χ3n) is 3.65. The number of rotatable bonds is 7. The van der Waals surface area contributed by atoms with Gasteiger partial charge in [0.15, 0.2) is 0 Å². The van der Waals surface area contributed by atoms with E-state index in [9.17, 15) is 17.9 Å². The lowest BCUT2D eigenvalue weighted by atomic mass is 10.1. The SMILES string of the molecule is CN(CC(O)c1ccc(F)cc1)S(=O)(=O)c1cc(/C(CO)=N\O)sc1N. The minimum Gasteiger partial charge on any atom is -0.411 e. The van der Waals surface area contributed by atoms with Crippen LogP contribution in [0.2, 0.25) is 0 Å². The Hall–Kier alpha value is -2.05. The van der Waals surface area contributed by atoms with Crippen molar-refractivity contribution in [2.24, 2.45) is 5.16 Å². The molecule has 1 aromatic carbocycles. The second-order valence-electron chi connectivity index (χ2n) is 5.40. The number of likely N-dealkylation sites (N-methyl/N-ethyl adjacent to an activating group) is 1. The molecule has 1 unspecified atom stereocenters. The Labute approximate surface area is 153 Å².